The van der Waals surface area contributed by atoms with Gasteiger partial charge in [-0.25, -0.2) is 9.07 Å². The van der Waals surface area contributed by atoms with E-state index in [0.29, 0.717) is 23.6 Å². The number of unbranched alkanes of at least 4 members (excludes halogenated alkanes) is 2. The quantitative estimate of drug-likeness (QED) is 0.346. The van der Waals surface area contributed by atoms with E-state index in [-0.39, 0.29) is 29.6 Å². The highest BCUT2D eigenvalue weighted by molar-refractivity contribution is 5.99. The van der Waals surface area contributed by atoms with Crippen molar-refractivity contribution < 1.29 is 14.0 Å². The highest BCUT2D eigenvalue weighted by Gasteiger charge is 2.23. The second kappa shape index (κ2) is 12.0. The summed E-state index contributed by atoms with van der Waals surface area (Å²) in [5.74, 6) is -0.393. The summed E-state index contributed by atoms with van der Waals surface area (Å²) in [5, 5.41) is 7.55. The molecule has 36 heavy (non-hydrogen) atoms. The Morgan fingerprint density at radius 3 is 2.25 bits per heavy atom. The van der Waals surface area contributed by atoms with Crippen molar-refractivity contribution in [1.82, 2.24) is 14.7 Å². The summed E-state index contributed by atoms with van der Waals surface area (Å²) in [5.41, 5.74) is 2.94. The van der Waals surface area contributed by atoms with Crippen LogP contribution in [0.4, 0.5) is 10.2 Å². The van der Waals surface area contributed by atoms with Crippen LogP contribution in [0.25, 0.3) is 5.69 Å². The average molecular weight is 493 g/mol. The zero-order valence-electron chi connectivity index (χ0n) is 22.0. The van der Waals surface area contributed by atoms with Crippen LogP contribution in [-0.4, -0.2) is 39.6 Å². The zero-order valence-corrected chi connectivity index (χ0v) is 22.0. The fourth-order valence-corrected chi connectivity index (χ4v) is 3.87. The Bertz CT molecular complexity index is 1160. The number of benzene rings is 2. The van der Waals surface area contributed by atoms with E-state index in [0.717, 1.165) is 18.5 Å². The SMILES string of the molecule is CCCCCc1ccc(C(=O)N(CC)CC(=O)Nc2cc(C(C)(C)C)nn2-c2ccc(F)cc2)cc1. The third-order valence-electron chi connectivity index (χ3n) is 6.09. The molecule has 6 nitrogen and oxygen atoms in total. The summed E-state index contributed by atoms with van der Waals surface area (Å²) in [4.78, 5) is 27.6. The molecule has 1 N–H and O–H groups in total. The topological polar surface area (TPSA) is 67.2 Å². The maximum atomic E-state index is 13.5. The van der Waals surface area contributed by atoms with Crippen molar-refractivity contribution in [2.24, 2.45) is 0 Å². The van der Waals surface area contributed by atoms with E-state index < -0.39 is 0 Å². The molecule has 2 aromatic carbocycles. The van der Waals surface area contributed by atoms with Crippen molar-refractivity contribution >= 4 is 17.6 Å². The average Bonchev–Trinajstić information content (AvgIpc) is 3.27. The molecule has 0 saturated carbocycles. The minimum Gasteiger partial charge on any atom is -0.330 e. The smallest absolute Gasteiger partial charge is 0.254 e. The maximum absolute atomic E-state index is 13.5. The number of amides is 2. The van der Waals surface area contributed by atoms with Gasteiger partial charge in [-0.05, 0) is 61.7 Å². The van der Waals surface area contributed by atoms with E-state index >= 15 is 0 Å². The van der Waals surface area contributed by atoms with Crippen molar-refractivity contribution in [2.75, 3.05) is 18.4 Å². The predicted molar refractivity (Wildman–Crippen MR) is 142 cm³/mol. The maximum Gasteiger partial charge on any atom is 0.254 e. The first kappa shape index (κ1) is 27.1. The summed E-state index contributed by atoms with van der Waals surface area (Å²) in [6, 6.07) is 15.4. The number of rotatable bonds is 10. The lowest BCUT2D eigenvalue weighted by Gasteiger charge is -2.20. The Balaban J connectivity index is 1.73. The Kier molecular flexibility index (Phi) is 9.02. The lowest BCUT2D eigenvalue weighted by Crippen LogP contribution is -2.38. The van der Waals surface area contributed by atoms with Crippen molar-refractivity contribution in [3.63, 3.8) is 0 Å². The number of hydrogen-bond acceptors (Lipinski definition) is 3. The molecule has 3 rings (SSSR count). The van der Waals surface area contributed by atoms with Gasteiger partial charge in [-0.2, -0.15) is 5.10 Å². The number of aromatic nitrogens is 2. The molecule has 0 fully saturated rings. The van der Waals surface area contributed by atoms with Crippen LogP contribution in [0.2, 0.25) is 0 Å². The van der Waals surface area contributed by atoms with Crippen LogP contribution in [0.3, 0.4) is 0 Å². The van der Waals surface area contributed by atoms with Crippen molar-refractivity contribution in [1.29, 1.82) is 0 Å². The number of likely N-dealkylation sites (N-methyl/N-ethyl adjacent to an activating group) is 1. The normalized spacial score (nSPS) is 11.4. The van der Waals surface area contributed by atoms with Crippen LogP contribution < -0.4 is 5.32 Å². The number of halogens is 1. The van der Waals surface area contributed by atoms with E-state index in [1.54, 1.807) is 16.8 Å². The molecule has 0 unspecified atom stereocenters. The van der Waals surface area contributed by atoms with Crippen LogP contribution in [-0.2, 0) is 16.6 Å². The summed E-state index contributed by atoms with van der Waals surface area (Å²) >= 11 is 0. The molecular formula is C29H37FN4O2. The number of aryl methyl sites for hydroxylation is 1. The highest BCUT2D eigenvalue weighted by Crippen LogP contribution is 2.26. The number of nitrogens with zero attached hydrogens (tertiary/aromatic N) is 3. The molecule has 0 aliphatic rings. The number of carbonyl (C=O) groups excluding carboxylic acids is 2. The third kappa shape index (κ3) is 7.03. The van der Waals surface area contributed by atoms with Crippen molar-refractivity contribution in [2.45, 2.75) is 65.7 Å². The summed E-state index contributed by atoms with van der Waals surface area (Å²) < 4.78 is 15.1. The number of nitrogens with one attached hydrogen (secondary N) is 1. The molecule has 1 aromatic heterocycles. The molecule has 192 valence electrons. The van der Waals surface area contributed by atoms with Crippen molar-refractivity contribution in [3.8, 4) is 5.69 Å². The van der Waals surface area contributed by atoms with E-state index in [9.17, 15) is 14.0 Å². The second-order valence-corrected chi connectivity index (χ2v) is 10.1. The van der Waals surface area contributed by atoms with Crippen LogP contribution >= 0.6 is 0 Å². The molecule has 0 aliphatic carbocycles. The number of hydrogen-bond donors (Lipinski definition) is 1. The van der Waals surface area contributed by atoms with Gasteiger partial charge in [0.15, 0.2) is 0 Å². The minimum atomic E-state index is -0.348. The summed E-state index contributed by atoms with van der Waals surface area (Å²) in [6.45, 7) is 10.4. The molecule has 0 saturated heterocycles. The van der Waals surface area contributed by atoms with Crippen LogP contribution in [0.15, 0.2) is 54.6 Å². The Labute approximate surface area is 213 Å². The molecular weight excluding hydrogens is 455 g/mol. The third-order valence-corrected chi connectivity index (χ3v) is 6.09. The first-order valence-electron chi connectivity index (χ1n) is 12.7. The monoisotopic (exact) mass is 492 g/mol. The largest absolute Gasteiger partial charge is 0.330 e. The Morgan fingerprint density at radius 2 is 1.67 bits per heavy atom. The fraction of sp³-hybridized carbons (Fsp3) is 0.414. The Morgan fingerprint density at radius 1 is 1.00 bits per heavy atom. The first-order valence-corrected chi connectivity index (χ1v) is 12.7. The van der Waals surface area contributed by atoms with Crippen LogP contribution in [0.1, 0.15) is 75.5 Å². The van der Waals surface area contributed by atoms with E-state index in [2.05, 4.69) is 17.3 Å². The molecule has 0 radical (unpaired) electrons. The Hall–Kier alpha value is -3.48. The summed E-state index contributed by atoms with van der Waals surface area (Å²) in [6.07, 6.45) is 4.50. The van der Waals surface area contributed by atoms with Gasteiger partial charge in [0.2, 0.25) is 5.91 Å². The lowest BCUT2D eigenvalue weighted by molar-refractivity contribution is -0.116. The number of anilines is 1. The number of carbonyl (C=O) groups is 2. The highest BCUT2D eigenvalue weighted by atomic mass is 19.1. The van der Waals surface area contributed by atoms with Gasteiger partial charge < -0.3 is 10.2 Å². The minimum absolute atomic E-state index is 0.0902. The molecule has 0 atom stereocenters. The molecule has 0 bridgehead atoms. The van der Waals surface area contributed by atoms with Gasteiger partial charge in [-0.15, -0.1) is 0 Å². The van der Waals surface area contributed by atoms with Crippen molar-refractivity contribution in [3.05, 3.63) is 77.2 Å². The molecule has 0 spiro atoms. The van der Waals surface area contributed by atoms with Gasteiger partial charge >= 0.3 is 0 Å². The lowest BCUT2D eigenvalue weighted by atomic mass is 9.92. The standard InChI is InChI=1S/C29H37FN4O2/c1-6-8-9-10-21-11-13-22(14-12-21)28(36)33(7-2)20-27(35)31-26-19-25(29(3,4)5)32-34(26)24-17-15-23(30)16-18-24/h11-19H,6-10,20H2,1-5H3,(H,31,35). The zero-order chi connectivity index (χ0) is 26.3. The second-order valence-electron chi connectivity index (χ2n) is 10.1. The van der Waals surface area contributed by atoms with Crippen LogP contribution in [0, 0.1) is 5.82 Å². The van der Waals surface area contributed by atoms with E-state index in [1.807, 2.05) is 58.0 Å². The summed E-state index contributed by atoms with van der Waals surface area (Å²) in [7, 11) is 0. The van der Waals surface area contributed by atoms with Gasteiger partial charge in [0.05, 0.1) is 11.4 Å². The molecule has 7 heteroatoms. The fourth-order valence-electron chi connectivity index (χ4n) is 3.87. The van der Waals surface area contributed by atoms with E-state index in [1.165, 1.54) is 35.4 Å². The molecule has 1 heterocycles. The van der Waals surface area contributed by atoms with Gasteiger partial charge in [0.1, 0.15) is 18.2 Å². The van der Waals surface area contributed by atoms with Gasteiger partial charge in [-0.1, -0.05) is 52.7 Å². The van der Waals surface area contributed by atoms with Gasteiger partial charge in [0.25, 0.3) is 5.91 Å². The van der Waals surface area contributed by atoms with Crippen LogP contribution in [0.5, 0.6) is 0 Å². The van der Waals surface area contributed by atoms with E-state index in [4.69, 9.17) is 0 Å². The molecule has 2 amide bonds. The molecule has 3 aromatic rings. The van der Waals surface area contributed by atoms with Gasteiger partial charge in [0, 0.05) is 23.6 Å². The predicted octanol–water partition coefficient (Wildman–Crippen LogP) is 6.14. The van der Waals surface area contributed by atoms with Gasteiger partial charge in [-0.3, -0.25) is 9.59 Å². The molecule has 0 aliphatic heterocycles. The first-order chi connectivity index (χ1) is 17.1.